The SMILES string of the molecule is CCCCC/C=C/C(=O)Oc1ccc(-c2ccc(CCC(C)OC(=O)CC)cc2)nc1. The number of unbranched alkanes of at least 4 members (excludes halogenated alkanes) is 3. The van der Waals surface area contributed by atoms with Gasteiger partial charge in [-0.15, -0.1) is 0 Å². The van der Waals surface area contributed by atoms with Crippen LogP contribution < -0.4 is 4.74 Å². The van der Waals surface area contributed by atoms with E-state index in [2.05, 4.69) is 24.0 Å². The Kier molecular flexibility index (Phi) is 10.5. The number of aromatic nitrogens is 1. The first-order chi connectivity index (χ1) is 15.0. The number of carbonyl (C=O) groups is 2. The van der Waals surface area contributed by atoms with Crippen molar-refractivity contribution in [2.45, 2.75) is 71.8 Å². The van der Waals surface area contributed by atoms with E-state index in [1.165, 1.54) is 18.1 Å². The van der Waals surface area contributed by atoms with E-state index in [9.17, 15) is 9.59 Å². The van der Waals surface area contributed by atoms with E-state index in [1.807, 2.05) is 31.2 Å². The molecule has 0 aliphatic heterocycles. The molecule has 1 aromatic carbocycles. The summed E-state index contributed by atoms with van der Waals surface area (Å²) in [7, 11) is 0. The lowest BCUT2D eigenvalue weighted by molar-refractivity contribution is -0.148. The Morgan fingerprint density at radius 1 is 1.06 bits per heavy atom. The summed E-state index contributed by atoms with van der Waals surface area (Å²) in [6.45, 7) is 5.87. The van der Waals surface area contributed by atoms with Gasteiger partial charge in [-0.25, -0.2) is 4.79 Å². The molecule has 0 N–H and O–H groups in total. The number of aryl methyl sites for hydroxylation is 1. The third kappa shape index (κ3) is 9.16. The van der Waals surface area contributed by atoms with Crippen LogP contribution in [0.5, 0.6) is 5.75 Å². The van der Waals surface area contributed by atoms with Gasteiger partial charge < -0.3 is 9.47 Å². The van der Waals surface area contributed by atoms with E-state index in [0.717, 1.165) is 43.4 Å². The quantitative estimate of drug-likeness (QED) is 0.236. The van der Waals surface area contributed by atoms with E-state index >= 15 is 0 Å². The van der Waals surface area contributed by atoms with E-state index in [1.54, 1.807) is 19.2 Å². The van der Waals surface area contributed by atoms with Crippen molar-refractivity contribution in [1.29, 1.82) is 0 Å². The molecule has 0 radical (unpaired) electrons. The Morgan fingerprint density at radius 3 is 2.48 bits per heavy atom. The number of hydrogen-bond donors (Lipinski definition) is 0. The van der Waals surface area contributed by atoms with Crippen molar-refractivity contribution in [1.82, 2.24) is 4.98 Å². The third-order valence-corrected chi connectivity index (χ3v) is 4.89. The summed E-state index contributed by atoms with van der Waals surface area (Å²) in [5.41, 5.74) is 2.98. The van der Waals surface area contributed by atoms with Crippen molar-refractivity contribution in [2.75, 3.05) is 0 Å². The molecular weight excluding hydrogens is 390 g/mol. The number of pyridine rings is 1. The van der Waals surface area contributed by atoms with Gasteiger partial charge in [0.05, 0.1) is 18.0 Å². The van der Waals surface area contributed by atoms with Crippen LogP contribution in [0.15, 0.2) is 54.7 Å². The van der Waals surface area contributed by atoms with E-state index in [-0.39, 0.29) is 18.0 Å². The molecule has 0 spiro atoms. The monoisotopic (exact) mass is 423 g/mol. The van der Waals surface area contributed by atoms with Gasteiger partial charge in [0, 0.05) is 18.1 Å². The summed E-state index contributed by atoms with van der Waals surface area (Å²) in [5, 5.41) is 0. The van der Waals surface area contributed by atoms with Gasteiger partial charge in [0.25, 0.3) is 0 Å². The van der Waals surface area contributed by atoms with Gasteiger partial charge in [-0.05, 0) is 50.3 Å². The average Bonchev–Trinajstić information content (AvgIpc) is 2.78. The van der Waals surface area contributed by atoms with E-state index in [0.29, 0.717) is 12.2 Å². The number of hydrogen-bond acceptors (Lipinski definition) is 5. The molecule has 0 saturated heterocycles. The summed E-state index contributed by atoms with van der Waals surface area (Å²) >= 11 is 0. The molecule has 0 saturated carbocycles. The molecule has 1 heterocycles. The lowest BCUT2D eigenvalue weighted by Crippen LogP contribution is -2.14. The normalized spacial score (nSPS) is 12.0. The first kappa shape index (κ1) is 24.3. The number of rotatable bonds is 12. The highest BCUT2D eigenvalue weighted by Crippen LogP contribution is 2.21. The molecular formula is C26H33NO4. The smallest absolute Gasteiger partial charge is 0.335 e. The van der Waals surface area contributed by atoms with Crippen molar-refractivity contribution in [3.63, 3.8) is 0 Å². The van der Waals surface area contributed by atoms with Crippen LogP contribution in [0.2, 0.25) is 0 Å². The molecule has 0 fully saturated rings. The Bertz CT molecular complexity index is 841. The predicted octanol–water partition coefficient (Wildman–Crippen LogP) is 6.06. The molecule has 5 heteroatoms. The fourth-order valence-electron chi connectivity index (χ4n) is 3.03. The molecule has 0 amide bonds. The maximum atomic E-state index is 11.9. The second-order valence-corrected chi connectivity index (χ2v) is 7.59. The number of benzene rings is 1. The van der Waals surface area contributed by atoms with Crippen molar-refractivity contribution in [3.05, 3.63) is 60.3 Å². The molecule has 2 rings (SSSR count). The maximum absolute atomic E-state index is 11.9. The molecule has 166 valence electrons. The summed E-state index contributed by atoms with van der Waals surface area (Å²) < 4.78 is 10.6. The molecule has 0 aliphatic rings. The number of nitrogens with zero attached hydrogens (tertiary/aromatic N) is 1. The van der Waals surface area contributed by atoms with Crippen LogP contribution >= 0.6 is 0 Å². The lowest BCUT2D eigenvalue weighted by atomic mass is 10.0. The Hall–Kier alpha value is -2.95. The lowest BCUT2D eigenvalue weighted by Gasteiger charge is -2.12. The van der Waals surface area contributed by atoms with Gasteiger partial charge in [-0.2, -0.15) is 0 Å². The number of carbonyl (C=O) groups excluding carboxylic acids is 2. The third-order valence-electron chi connectivity index (χ3n) is 4.89. The van der Waals surface area contributed by atoms with Gasteiger partial charge in [0.2, 0.25) is 0 Å². The highest BCUT2D eigenvalue weighted by molar-refractivity contribution is 5.84. The summed E-state index contributed by atoms with van der Waals surface area (Å²) in [6, 6.07) is 11.7. The fraction of sp³-hybridized carbons (Fsp3) is 0.423. The zero-order valence-electron chi connectivity index (χ0n) is 18.8. The largest absolute Gasteiger partial charge is 0.463 e. The molecule has 0 bridgehead atoms. The van der Waals surface area contributed by atoms with E-state index < -0.39 is 0 Å². The van der Waals surface area contributed by atoms with Crippen LogP contribution in [0.4, 0.5) is 0 Å². The summed E-state index contributed by atoms with van der Waals surface area (Å²) in [5.74, 6) is -0.112. The fourth-order valence-corrected chi connectivity index (χ4v) is 3.03. The maximum Gasteiger partial charge on any atom is 0.335 e. The Labute approximate surface area is 185 Å². The van der Waals surface area contributed by atoms with Crippen LogP contribution in [0, 0.1) is 0 Å². The molecule has 2 aromatic rings. The Morgan fingerprint density at radius 2 is 1.84 bits per heavy atom. The second kappa shape index (κ2) is 13.4. The van der Waals surface area contributed by atoms with Crippen LogP contribution in [0.25, 0.3) is 11.3 Å². The number of esters is 2. The minimum Gasteiger partial charge on any atom is -0.463 e. The molecule has 31 heavy (non-hydrogen) atoms. The van der Waals surface area contributed by atoms with Crippen molar-refractivity contribution in [3.8, 4) is 17.0 Å². The van der Waals surface area contributed by atoms with Gasteiger partial charge in [0.1, 0.15) is 5.75 Å². The molecule has 1 aromatic heterocycles. The van der Waals surface area contributed by atoms with Crippen molar-refractivity contribution in [2.24, 2.45) is 0 Å². The van der Waals surface area contributed by atoms with Gasteiger partial charge in [0.15, 0.2) is 0 Å². The molecule has 5 nitrogen and oxygen atoms in total. The predicted molar refractivity (Wildman–Crippen MR) is 123 cm³/mol. The molecule has 0 aliphatic carbocycles. The first-order valence-corrected chi connectivity index (χ1v) is 11.1. The minimum absolute atomic E-state index is 0.0877. The number of ether oxygens (including phenoxy) is 2. The van der Waals surface area contributed by atoms with Crippen LogP contribution in [0.3, 0.4) is 0 Å². The van der Waals surface area contributed by atoms with Crippen LogP contribution in [-0.4, -0.2) is 23.0 Å². The highest BCUT2D eigenvalue weighted by atomic mass is 16.5. The highest BCUT2D eigenvalue weighted by Gasteiger charge is 2.08. The average molecular weight is 424 g/mol. The topological polar surface area (TPSA) is 65.5 Å². The van der Waals surface area contributed by atoms with Crippen molar-refractivity contribution >= 4 is 11.9 Å². The summed E-state index contributed by atoms with van der Waals surface area (Å²) in [6.07, 6.45) is 11.1. The van der Waals surface area contributed by atoms with Gasteiger partial charge in [-0.1, -0.05) is 57.0 Å². The van der Waals surface area contributed by atoms with Gasteiger partial charge in [-0.3, -0.25) is 9.78 Å². The summed E-state index contributed by atoms with van der Waals surface area (Å²) in [4.78, 5) is 27.6. The van der Waals surface area contributed by atoms with Crippen molar-refractivity contribution < 1.29 is 19.1 Å². The van der Waals surface area contributed by atoms with Crippen LogP contribution in [-0.2, 0) is 20.7 Å². The minimum atomic E-state index is -0.380. The van der Waals surface area contributed by atoms with Gasteiger partial charge >= 0.3 is 11.9 Å². The zero-order chi connectivity index (χ0) is 22.5. The van der Waals surface area contributed by atoms with Crippen LogP contribution in [0.1, 0.15) is 64.9 Å². The molecule has 1 atom stereocenters. The Balaban J connectivity index is 1.84. The standard InChI is InChI=1S/C26H33NO4/c1-4-6-7-8-9-10-26(29)31-23-17-18-24(27-19-23)22-15-13-21(14-16-22)12-11-20(3)30-25(28)5-2/h9-10,13-20H,4-8,11-12H2,1-3H3/b10-9+. The van der Waals surface area contributed by atoms with E-state index in [4.69, 9.17) is 9.47 Å². The zero-order valence-corrected chi connectivity index (χ0v) is 18.8. The second-order valence-electron chi connectivity index (χ2n) is 7.59. The first-order valence-electron chi connectivity index (χ1n) is 11.1. The molecule has 1 unspecified atom stereocenters. The number of allylic oxidation sites excluding steroid dienone is 1.